The minimum Gasteiger partial charge on any atom is -0.327 e. The molecular weight excluding hydrogens is 508 g/mol. The number of amidine groups is 1. The first-order valence-corrected chi connectivity index (χ1v) is 13.4. The molecule has 4 heterocycles. The van der Waals surface area contributed by atoms with Gasteiger partial charge in [-0.15, -0.1) is 0 Å². The highest BCUT2D eigenvalue weighted by Gasteiger charge is 2.16. The summed E-state index contributed by atoms with van der Waals surface area (Å²) < 4.78 is 0. The third-order valence-corrected chi connectivity index (χ3v) is 7.50. The highest BCUT2D eigenvalue weighted by molar-refractivity contribution is 6.09. The number of nitrogens with one attached hydrogen (secondary N) is 4. The van der Waals surface area contributed by atoms with Crippen molar-refractivity contribution in [1.82, 2.24) is 15.0 Å². The zero-order chi connectivity index (χ0) is 27.3. The largest absolute Gasteiger partial charge is 0.327 e. The van der Waals surface area contributed by atoms with Gasteiger partial charge in [-0.05, 0) is 0 Å². The monoisotopic (exact) mass is 532 g/mol. The number of fused-ring (bicyclic) bond motifs is 16. The summed E-state index contributed by atoms with van der Waals surface area (Å²) in [7, 11) is 1.76. The summed E-state index contributed by atoms with van der Waals surface area (Å²) in [4.78, 5) is 30.1. The molecule has 4 aromatic carbocycles. The zero-order valence-corrected chi connectivity index (χ0v) is 22.1. The van der Waals surface area contributed by atoms with Crippen LogP contribution in [0.15, 0.2) is 117 Å². The fourth-order valence-electron chi connectivity index (χ4n) is 5.55. The van der Waals surface area contributed by atoms with Crippen molar-refractivity contribution in [1.29, 1.82) is 0 Å². The number of aromatic amines is 3. The summed E-state index contributed by atoms with van der Waals surface area (Å²) in [6.45, 7) is 0. The highest BCUT2D eigenvalue weighted by atomic mass is 15.1. The van der Waals surface area contributed by atoms with Gasteiger partial charge in [0.2, 0.25) is 0 Å². The summed E-state index contributed by atoms with van der Waals surface area (Å²) in [6, 6.07) is 32.6. The lowest BCUT2D eigenvalue weighted by Gasteiger charge is -2.04. The van der Waals surface area contributed by atoms with Crippen molar-refractivity contribution >= 4 is 67.6 Å². The lowest BCUT2D eigenvalue weighted by Crippen LogP contribution is -2.14. The number of aliphatic imine (C=N–C) groups is 2. The number of benzene rings is 4. The molecule has 0 fully saturated rings. The Kier molecular flexibility index (Phi) is 5.18. The maximum absolute atomic E-state index is 5.10. The van der Waals surface area contributed by atoms with Crippen LogP contribution >= 0.6 is 0 Å². The second-order valence-electron chi connectivity index (χ2n) is 9.90. The summed E-state index contributed by atoms with van der Waals surface area (Å²) in [5.41, 5.74) is 3.22. The summed E-state index contributed by atoms with van der Waals surface area (Å²) >= 11 is 0. The smallest absolute Gasteiger partial charge is 0.157 e. The molecule has 41 heavy (non-hydrogen) atoms. The van der Waals surface area contributed by atoms with Crippen molar-refractivity contribution in [2.24, 2.45) is 20.0 Å². The topological polar surface area (TPSA) is 109 Å². The minimum atomic E-state index is 0.598. The Morgan fingerprint density at radius 3 is 1.76 bits per heavy atom. The van der Waals surface area contributed by atoms with Gasteiger partial charge in [-0.1, -0.05) is 97.1 Å². The normalized spacial score (nSPS) is 14.0. The average Bonchev–Trinajstić information content (AvgIpc) is 3.67. The molecule has 0 atom stereocenters. The molecule has 7 aromatic rings. The minimum absolute atomic E-state index is 0.598. The van der Waals surface area contributed by atoms with Crippen molar-refractivity contribution in [3.8, 4) is 0 Å². The molecule has 0 saturated carbocycles. The van der Waals surface area contributed by atoms with E-state index in [1.165, 1.54) is 0 Å². The number of rotatable bonds is 0. The molecule has 0 amide bonds. The first-order valence-electron chi connectivity index (χ1n) is 13.4. The predicted octanol–water partition coefficient (Wildman–Crippen LogP) is 6.59. The van der Waals surface area contributed by atoms with Gasteiger partial charge in [0.05, 0.1) is 0 Å². The van der Waals surface area contributed by atoms with E-state index in [4.69, 9.17) is 15.0 Å². The van der Waals surface area contributed by atoms with Gasteiger partial charge in [0.15, 0.2) is 5.84 Å². The van der Waals surface area contributed by atoms with Crippen LogP contribution in [-0.2, 0) is 0 Å². The van der Waals surface area contributed by atoms with Crippen molar-refractivity contribution in [3.05, 3.63) is 119 Å². The van der Waals surface area contributed by atoms with E-state index < -0.39 is 0 Å². The zero-order valence-electron chi connectivity index (χ0n) is 22.1. The summed E-state index contributed by atoms with van der Waals surface area (Å²) in [6.07, 6.45) is 1.87. The lowest BCUT2D eigenvalue weighted by atomic mass is 10.1. The van der Waals surface area contributed by atoms with Crippen LogP contribution in [-0.4, -0.2) is 34.0 Å². The molecule has 4 N–H and O–H groups in total. The Morgan fingerprint density at radius 1 is 0.537 bits per heavy atom. The maximum atomic E-state index is 5.10. The molecule has 0 spiro atoms. The molecule has 196 valence electrons. The lowest BCUT2D eigenvalue weighted by molar-refractivity contribution is 1.12. The highest BCUT2D eigenvalue weighted by Crippen LogP contribution is 2.37. The van der Waals surface area contributed by atoms with E-state index >= 15 is 0 Å². The van der Waals surface area contributed by atoms with Gasteiger partial charge in [-0.2, -0.15) is 0 Å². The molecule has 3 aromatic heterocycles. The molecule has 8 nitrogen and oxygen atoms in total. The molecular formula is C33H24N8. The van der Waals surface area contributed by atoms with E-state index in [9.17, 15) is 0 Å². The quantitative estimate of drug-likeness (QED) is 0.174. The summed E-state index contributed by atoms with van der Waals surface area (Å²) in [5.74, 6) is 3.80. The predicted molar refractivity (Wildman–Crippen MR) is 166 cm³/mol. The Balaban J connectivity index is 1.48. The molecule has 0 radical (unpaired) electrons. The molecule has 6 bridgehead atoms. The Morgan fingerprint density at radius 2 is 1.07 bits per heavy atom. The number of hydrogen-bond donors (Lipinski definition) is 4. The van der Waals surface area contributed by atoms with Crippen molar-refractivity contribution < 1.29 is 0 Å². The Labute approximate surface area is 233 Å². The third-order valence-electron chi connectivity index (χ3n) is 7.50. The number of anilines is 2. The first-order chi connectivity index (χ1) is 20.3. The van der Waals surface area contributed by atoms with E-state index in [-0.39, 0.29) is 0 Å². The van der Waals surface area contributed by atoms with Crippen molar-refractivity contribution in [3.63, 3.8) is 0 Å². The second-order valence-corrected chi connectivity index (χ2v) is 9.90. The Hall–Kier alpha value is -5.76. The van der Waals surface area contributed by atoms with E-state index in [1.807, 2.05) is 66.9 Å². The fraction of sp³-hybridized carbons (Fsp3) is 0.0303. The van der Waals surface area contributed by atoms with Crippen LogP contribution in [0.3, 0.4) is 0 Å². The van der Waals surface area contributed by atoms with Crippen LogP contribution in [0.5, 0.6) is 0 Å². The average molecular weight is 533 g/mol. The van der Waals surface area contributed by atoms with Crippen LogP contribution in [0.4, 0.5) is 23.3 Å². The van der Waals surface area contributed by atoms with Crippen LogP contribution in [0, 0.1) is 0 Å². The number of aromatic nitrogens is 3. The van der Waals surface area contributed by atoms with E-state index in [2.05, 4.69) is 61.7 Å². The maximum Gasteiger partial charge on any atom is 0.157 e. The van der Waals surface area contributed by atoms with Crippen LogP contribution in [0.1, 0.15) is 11.1 Å². The van der Waals surface area contributed by atoms with Gasteiger partial charge in [0.25, 0.3) is 0 Å². The van der Waals surface area contributed by atoms with E-state index in [0.29, 0.717) is 11.3 Å². The molecule has 8 rings (SSSR count). The summed E-state index contributed by atoms with van der Waals surface area (Å²) in [5, 5.41) is 9.65. The second kappa shape index (κ2) is 9.17. The molecule has 1 aliphatic heterocycles. The van der Waals surface area contributed by atoms with Crippen molar-refractivity contribution in [2.45, 2.75) is 0 Å². The van der Waals surface area contributed by atoms with Gasteiger partial charge >= 0.3 is 0 Å². The molecule has 8 heteroatoms. The Bertz CT molecular complexity index is 2310. The molecule has 1 aliphatic rings. The van der Waals surface area contributed by atoms with Gasteiger partial charge < -0.3 is 20.3 Å². The fourth-order valence-corrected chi connectivity index (χ4v) is 5.55. The van der Waals surface area contributed by atoms with Crippen LogP contribution in [0.25, 0.3) is 32.3 Å². The number of nitrogens with zero attached hydrogens (tertiary/aromatic N) is 4. The van der Waals surface area contributed by atoms with Gasteiger partial charge in [0, 0.05) is 56.7 Å². The van der Waals surface area contributed by atoms with Gasteiger partial charge in [0.1, 0.15) is 34.2 Å². The van der Waals surface area contributed by atoms with Crippen LogP contribution < -0.4 is 16.3 Å². The first kappa shape index (κ1) is 23.2. The van der Waals surface area contributed by atoms with E-state index in [1.54, 1.807) is 7.05 Å². The number of hydrogen-bond acceptors (Lipinski definition) is 4. The third kappa shape index (κ3) is 3.76. The number of H-pyrrole nitrogens is 3. The van der Waals surface area contributed by atoms with Gasteiger partial charge in [-0.3, -0.25) is 4.99 Å². The van der Waals surface area contributed by atoms with Gasteiger partial charge in [-0.25, -0.2) is 15.0 Å². The van der Waals surface area contributed by atoms with Crippen molar-refractivity contribution in [2.75, 3.05) is 12.4 Å². The van der Waals surface area contributed by atoms with E-state index in [0.717, 1.165) is 72.2 Å². The molecule has 0 saturated heterocycles. The molecule has 0 aliphatic carbocycles. The molecule has 0 unspecified atom stereocenters. The standard InChI is InChI=1S/C33H24N8/c1-34-27-20-11-3-2-10-19(20)18-35-28-21-12-4-5-13-22(21)30(37-28)39-32-25-16-8-9-17-26(25)33(41-32)40-31-24-15-7-6-14-23(24)29(36-27)38-31/h2-18,37,39,41H,1H3,(H,34,36,38,40). The van der Waals surface area contributed by atoms with Crippen LogP contribution in [0.2, 0.25) is 0 Å². The SMILES string of the molecule is CN=C1N=c2[nH]c(c3ccccc23)=Nc2[nH]c(c3ccccc23)Nc2[nH]c(c3ccccc23)N=Cc2ccccc21.